The minimum Gasteiger partial charge on any atom is -0.356 e. The molecule has 5 rings (SSSR count). The van der Waals surface area contributed by atoms with Gasteiger partial charge < -0.3 is 4.74 Å². The lowest BCUT2D eigenvalue weighted by atomic mass is 10.1. The second kappa shape index (κ2) is 7.33. The van der Waals surface area contributed by atoms with E-state index < -0.39 is 5.95 Å². The molecule has 0 aliphatic carbocycles. The Hall–Kier alpha value is -3.19. The van der Waals surface area contributed by atoms with E-state index in [-0.39, 0.29) is 6.23 Å². The number of halogens is 1. The monoisotopic (exact) mass is 389 g/mol. The average Bonchev–Trinajstić information content (AvgIpc) is 3.13. The highest BCUT2D eigenvalue weighted by Crippen LogP contribution is 2.33. The number of fused-ring (bicyclic) bond motifs is 1. The van der Waals surface area contributed by atoms with Crippen LogP contribution >= 0.6 is 0 Å². The first-order valence-corrected chi connectivity index (χ1v) is 9.75. The smallest absolute Gasteiger partial charge is 0.213 e. The summed E-state index contributed by atoms with van der Waals surface area (Å²) in [5, 5.41) is 4.89. The van der Waals surface area contributed by atoms with Crippen LogP contribution < -0.4 is 0 Å². The molecule has 0 saturated carbocycles. The van der Waals surface area contributed by atoms with Crippen molar-refractivity contribution >= 4 is 11.0 Å². The van der Waals surface area contributed by atoms with Crippen LogP contribution in [0.15, 0.2) is 48.8 Å². The largest absolute Gasteiger partial charge is 0.356 e. The highest BCUT2D eigenvalue weighted by atomic mass is 19.1. The van der Waals surface area contributed by atoms with Crippen LogP contribution in [-0.2, 0) is 4.74 Å². The first-order chi connectivity index (χ1) is 14.2. The molecule has 1 unspecified atom stereocenters. The van der Waals surface area contributed by atoms with Gasteiger partial charge in [0.2, 0.25) is 5.95 Å². The van der Waals surface area contributed by atoms with Crippen LogP contribution in [0.1, 0.15) is 31.2 Å². The number of rotatable bonds is 3. The van der Waals surface area contributed by atoms with Crippen LogP contribution in [0.2, 0.25) is 0 Å². The van der Waals surface area contributed by atoms with E-state index in [1.54, 1.807) is 12.3 Å². The van der Waals surface area contributed by atoms with Crippen molar-refractivity contribution in [2.75, 3.05) is 6.61 Å². The molecule has 0 radical (unpaired) electrons. The summed E-state index contributed by atoms with van der Waals surface area (Å²) in [6, 6.07) is 10.9. The van der Waals surface area contributed by atoms with E-state index in [1.165, 1.54) is 12.3 Å². The summed E-state index contributed by atoms with van der Waals surface area (Å²) in [6.07, 6.45) is 6.22. The molecule has 146 valence electrons. The number of aromatic nitrogens is 5. The number of nitrogens with zero attached hydrogens (tertiary/aromatic N) is 5. The van der Waals surface area contributed by atoms with E-state index in [2.05, 4.69) is 9.97 Å². The molecule has 0 bridgehead atoms. The van der Waals surface area contributed by atoms with Crippen LogP contribution in [0.25, 0.3) is 33.5 Å². The maximum absolute atomic E-state index is 13.6. The third-order valence-electron chi connectivity index (χ3n) is 5.17. The summed E-state index contributed by atoms with van der Waals surface area (Å²) < 4.78 is 21.5. The second-order valence-electron chi connectivity index (χ2n) is 7.23. The SMILES string of the molecule is Cc1cc(-c2nn(C3CCCCO3)c3ccc(-c4ccnc(F)c4)nc23)ccn1. The lowest BCUT2D eigenvalue weighted by Crippen LogP contribution is -2.19. The molecule has 1 aliphatic heterocycles. The summed E-state index contributed by atoms with van der Waals surface area (Å²) in [5.41, 5.74) is 5.65. The fourth-order valence-electron chi connectivity index (χ4n) is 3.77. The Morgan fingerprint density at radius 1 is 1.03 bits per heavy atom. The van der Waals surface area contributed by atoms with Crippen molar-refractivity contribution < 1.29 is 9.13 Å². The summed E-state index contributed by atoms with van der Waals surface area (Å²) in [6.45, 7) is 2.68. The summed E-state index contributed by atoms with van der Waals surface area (Å²) >= 11 is 0. The molecular weight excluding hydrogens is 369 g/mol. The molecule has 5 heterocycles. The lowest BCUT2D eigenvalue weighted by Gasteiger charge is -2.23. The van der Waals surface area contributed by atoms with Gasteiger partial charge in [-0.15, -0.1) is 0 Å². The third-order valence-corrected chi connectivity index (χ3v) is 5.17. The highest BCUT2D eigenvalue weighted by molar-refractivity contribution is 5.91. The number of ether oxygens (including phenoxy) is 1. The number of aryl methyl sites for hydroxylation is 1. The molecule has 7 heteroatoms. The average molecular weight is 389 g/mol. The van der Waals surface area contributed by atoms with Gasteiger partial charge >= 0.3 is 0 Å². The topological polar surface area (TPSA) is 65.7 Å². The molecule has 0 amide bonds. The van der Waals surface area contributed by atoms with Gasteiger partial charge in [0.15, 0.2) is 6.23 Å². The fourth-order valence-corrected chi connectivity index (χ4v) is 3.77. The van der Waals surface area contributed by atoms with E-state index in [0.29, 0.717) is 11.3 Å². The van der Waals surface area contributed by atoms with Crippen LogP contribution in [0.3, 0.4) is 0 Å². The van der Waals surface area contributed by atoms with Crippen molar-refractivity contribution in [3.63, 3.8) is 0 Å². The predicted octanol–water partition coefficient (Wildman–Crippen LogP) is 4.70. The predicted molar refractivity (Wildman–Crippen MR) is 108 cm³/mol. The molecule has 0 N–H and O–H groups in total. The summed E-state index contributed by atoms with van der Waals surface area (Å²) in [7, 11) is 0. The molecule has 29 heavy (non-hydrogen) atoms. The van der Waals surface area contributed by atoms with Crippen molar-refractivity contribution in [3.05, 3.63) is 60.4 Å². The molecular formula is C22H20FN5O. The first-order valence-electron chi connectivity index (χ1n) is 9.75. The van der Waals surface area contributed by atoms with Gasteiger partial charge in [0.05, 0.1) is 11.2 Å². The van der Waals surface area contributed by atoms with Crippen molar-refractivity contribution in [3.8, 4) is 22.5 Å². The fraction of sp³-hybridized carbons (Fsp3) is 0.273. The number of hydrogen-bond acceptors (Lipinski definition) is 5. The Bertz CT molecular complexity index is 1180. The van der Waals surface area contributed by atoms with Crippen molar-refractivity contribution in [2.24, 2.45) is 0 Å². The van der Waals surface area contributed by atoms with Crippen molar-refractivity contribution in [2.45, 2.75) is 32.4 Å². The Labute approximate surface area is 167 Å². The van der Waals surface area contributed by atoms with E-state index in [0.717, 1.165) is 53.9 Å². The van der Waals surface area contributed by atoms with Gasteiger partial charge in [-0.2, -0.15) is 9.49 Å². The maximum Gasteiger partial charge on any atom is 0.213 e. The molecule has 1 fully saturated rings. The Balaban J connectivity index is 1.71. The van der Waals surface area contributed by atoms with Crippen LogP contribution in [0.5, 0.6) is 0 Å². The van der Waals surface area contributed by atoms with Crippen LogP contribution in [0.4, 0.5) is 4.39 Å². The van der Waals surface area contributed by atoms with Gasteiger partial charge in [0.25, 0.3) is 0 Å². The molecule has 0 aromatic carbocycles. The summed E-state index contributed by atoms with van der Waals surface area (Å²) in [4.78, 5) is 12.8. The Morgan fingerprint density at radius 2 is 1.90 bits per heavy atom. The number of hydrogen-bond donors (Lipinski definition) is 0. The van der Waals surface area contributed by atoms with Gasteiger partial charge in [0.1, 0.15) is 11.2 Å². The van der Waals surface area contributed by atoms with Crippen molar-refractivity contribution in [1.82, 2.24) is 24.7 Å². The van der Waals surface area contributed by atoms with Crippen LogP contribution in [0, 0.1) is 12.9 Å². The third kappa shape index (κ3) is 3.38. The van der Waals surface area contributed by atoms with E-state index in [9.17, 15) is 4.39 Å². The maximum atomic E-state index is 13.6. The minimum atomic E-state index is -0.527. The van der Waals surface area contributed by atoms with E-state index >= 15 is 0 Å². The molecule has 1 saturated heterocycles. The molecule has 1 aliphatic rings. The van der Waals surface area contributed by atoms with Gasteiger partial charge in [-0.05, 0) is 56.5 Å². The second-order valence-corrected chi connectivity index (χ2v) is 7.23. The van der Waals surface area contributed by atoms with Gasteiger partial charge in [0, 0.05) is 41.9 Å². The minimum absolute atomic E-state index is 0.103. The number of pyridine rings is 3. The molecule has 1 atom stereocenters. The van der Waals surface area contributed by atoms with Gasteiger partial charge in [-0.1, -0.05) is 0 Å². The zero-order valence-electron chi connectivity index (χ0n) is 16.0. The van der Waals surface area contributed by atoms with Gasteiger partial charge in [-0.25, -0.2) is 14.6 Å². The highest BCUT2D eigenvalue weighted by Gasteiger charge is 2.23. The van der Waals surface area contributed by atoms with E-state index in [4.69, 9.17) is 14.8 Å². The Morgan fingerprint density at radius 3 is 2.69 bits per heavy atom. The molecule has 6 nitrogen and oxygen atoms in total. The Kier molecular flexibility index (Phi) is 4.52. The summed E-state index contributed by atoms with van der Waals surface area (Å²) in [5.74, 6) is -0.527. The van der Waals surface area contributed by atoms with Crippen LogP contribution in [-0.4, -0.2) is 31.3 Å². The van der Waals surface area contributed by atoms with Gasteiger partial charge in [-0.3, -0.25) is 4.98 Å². The molecule has 4 aromatic rings. The van der Waals surface area contributed by atoms with E-state index in [1.807, 2.05) is 35.9 Å². The zero-order valence-corrected chi connectivity index (χ0v) is 16.0. The lowest BCUT2D eigenvalue weighted by molar-refractivity contribution is -0.0365. The normalized spacial score (nSPS) is 17.0. The van der Waals surface area contributed by atoms with Crippen molar-refractivity contribution in [1.29, 1.82) is 0 Å². The zero-order chi connectivity index (χ0) is 19.8. The standard InChI is InChI=1S/C22H20FN5O/c1-14-12-16(8-9-24-14)21-22-18(28(27-21)20-4-2-3-11-29-20)6-5-17(26-22)15-7-10-25-19(23)13-15/h5-10,12-13,20H,2-4,11H2,1H3. The first kappa shape index (κ1) is 17.9. The molecule has 4 aromatic heterocycles. The quantitative estimate of drug-likeness (QED) is 0.475. The molecule has 0 spiro atoms.